The predicted molar refractivity (Wildman–Crippen MR) is 132 cm³/mol. The standard InChI is InChI=1S/C19H27N5O2.C5H3ClN2O2/c1-13-12-15(13)19(26)24-10-8-23(9-11-24)17-5-4-16(21-22-17)18(25)20-7-6-14-2-3-14;6-4-2-1-3(5(9)10)7-8-4/h4-5,13-15H,2-3,6-12H2,1H3,(H,20,25);1-2H,(H,9,10). The van der Waals surface area contributed by atoms with Crippen LogP contribution in [0.3, 0.4) is 0 Å². The van der Waals surface area contributed by atoms with Gasteiger partial charge in [0.2, 0.25) is 5.91 Å². The smallest absolute Gasteiger partial charge is 0.356 e. The Labute approximate surface area is 214 Å². The molecule has 2 N–H and O–H groups in total. The van der Waals surface area contributed by atoms with Gasteiger partial charge < -0.3 is 20.2 Å². The third-order valence-corrected chi connectivity index (χ3v) is 6.81. The second kappa shape index (κ2) is 11.6. The van der Waals surface area contributed by atoms with Gasteiger partial charge in [-0.15, -0.1) is 20.4 Å². The zero-order chi connectivity index (χ0) is 25.7. The quantitative estimate of drug-likeness (QED) is 0.567. The molecule has 3 fully saturated rings. The van der Waals surface area contributed by atoms with E-state index in [1.165, 1.54) is 25.0 Å². The van der Waals surface area contributed by atoms with Crippen LogP contribution in [0.2, 0.25) is 5.15 Å². The molecular formula is C24H30ClN7O4. The topological polar surface area (TPSA) is 142 Å². The Morgan fingerprint density at radius 3 is 2.19 bits per heavy atom. The highest BCUT2D eigenvalue weighted by molar-refractivity contribution is 6.29. The first-order chi connectivity index (χ1) is 17.3. The molecule has 2 atom stereocenters. The molecule has 2 unspecified atom stereocenters. The molecule has 36 heavy (non-hydrogen) atoms. The number of piperazine rings is 1. The monoisotopic (exact) mass is 515 g/mol. The molecule has 11 nitrogen and oxygen atoms in total. The van der Waals surface area contributed by atoms with E-state index in [1.54, 1.807) is 6.07 Å². The number of carboxylic acids is 1. The van der Waals surface area contributed by atoms with Gasteiger partial charge in [0.25, 0.3) is 5.91 Å². The van der Waals surface area contributed by atoms with Crippen molar-refractivity contribution in [3.63, 3.8) is 0 Å². The van der Waals surface area contributed by atoms with Crippen molar-refractivity contribution in [3.05, 3.63) is 40.8 Å². The van der Waals surface area contributed by atoms with Crippen molar-refractivity contribution in [2.24, 2.45) is 17.8 Å². The van der Waals surface area contributed by atoms with E-state index < -0.39 is 5.97 Å². The minimum Gasteiger partial charge on any atom is -0.476 e. The summed E-state index contributed by atoms with van der Waals surface area (Å²) in [4.78, 5) is 38.6. The highest BCUT2D eigenvalue weighted by Crippen LogP contribution is 2.39. The fraction of sp³-hybridized carbons (Fsp3) is 0.542. The number of anilines is 1. The fourth-order valence-corrected chi connectivity index (χ4v) is 4.09. The maximum Gasteiger partial charge on any atom is 0.356 e. The van der Waals surface area contributed by atoms with Gasteiger partial charge in [-0.25, -0.2) is 4.79 Å². The molecule has 0 aromatic carbocycles. The second-order valence-corrected chi connectivity index (χ2v) is 9.83. The van der Waals surface area contributed by atoms with Crippen LogP contribution < -0.4 is 10.2 Å². The molecule has 2 amide bonds. The lowest BCUT2D eigenvalue weighted by Gasteiger charge is -2.35. The van der Waals surface area contributed by atoms with Crippen LogP contribution in [0.25, 0.3) is 0 Å². The number of nitrogens with one attached hydrogen (secondary N) is 1. The summed E-state index contributed by atoms with van der Waals surface area (Å²) in [6.07, 6.45) is 4.68. The van der Waals surface area contributed by atoms with Crippen LogP contribution in [0.1, 0.15) is 53.6 Å². The molecule has 2 aliphatic carbocycles. The average Bonchev–Trinajstić information content (AvgIpc) is 3.82. The third kappa shape index (κ3) is 7.09. The van der Waals surface area contributed by atoms with Crippen molar-refractivity contribution >= 4 is 35.2 Å². The summed E-state index contributed by atoms with van der Waals surface area (Å²) in [7, 11) is 0. The van der Waals surface area contributed by atoms with E-state index in [2.05, 4.69) is 37.5 Å². The average molecular weight is 516 g/mol. The number of nitrogens with zero attached hydrogens (tertiary/aromatic N) is 6. The largest absolute Gasteiger partial charge is 0.476 e. The predicted octanol–water partition coefficient (Wildman–Crippen LogP) is 2.14. The van der Waals surface area contributed by atoms with E-state index >= 15 is 0 Å². The van der Waals surface area contributed by atoms with Gasteiger partial charge in [-0.2, -0.15) is 0 Å². The number of hydrogen-bond donors (Lipinski definition) is 2. The highest BCUT2D eigenvalue weighted by atomic mass is 35.5. The first-order valence-corrected chi connectivity index (χ1v) is 12.6. The van der Waals surface area contributed by atoms with E-state index in [0.717, 1.165) is 50.8 Å². The van der Waals surface area contributed by atoms with Crippen molar-refractivity contribution < 1.29 is 19.5 Å². The van der Waals surface area contributed by atoms with E-state index in [-0.39, 0.29) is 22.7 Å². The number of halogens is 1. The minimum atomic E-state index is -1.11. The van der Waals surface area contributed by atoms with E-state index in [4.69, 9.17) is 16.7 Å². The van der Waals surface area contributed by atoms with Gasteiger partial charge in [0, 0.05) is 38.6 Å². The van der Waals surface area contributed by atoms with Crippen molar-refractivity contribution in [2.75, 3.05) is 37.6 Å². The summed E-state index contributed by atoms with van der Waals surface area (Å²) in [5.74, 6) is 1.42. The number of rotatable bonds is 7. The number of carboxylic acid groups (broad SMARTS) is 1. The summed E-state index contributed by atoms with van der Waals surface area (Å²) >= 11 is 5.35. The summed E-state index contributed by atoms with van der Waals surface area (Å²) in [6, 6.07) is 6.25. The molecule has 12 heteroatoms. The van der Waals surface area contributed by atoms with Crippen LogP contribution in [0, 0.1) is 17.8 Å². The molecule has 192 valence electrons. The first kappa shape index (κ1) is 25.7. The van der Waals surface area contributed by atoms with Crippen molar-refractivity contribution in [3.8, 4) is 0 Å². The van der Waals surface area contributed by atoms with Crippen LogP contribution in [-0.4, -0.2) is 80.9 Å². The maximum atomic E-state index is 12.3. The van der Waals surface area contributed by atoms with Crippen LogP contribution in [0.5, 0.6) is 0 Å². The second-order valence-electron chi connectivity index (χ2n) is 9.44. The van der Waals surface area contributed by atoms with Gasteiger partial charge in [-0.05, 0) is 48.9 Å². The molecule has 3 heterocycles. The summed E-state index contributed by atoms with van der Waals surface area (Å²) in [5.41, 5.74) is 0.255. The number of amides is 2. The lowest BCUT2D eigenvalue weighted by molar-refractivity contribution is -0.133. The molecule has 2 aromatic rings. The fourth-order valence-electron chi connectivity index (χ4n) is 3.99. The van der Waals surface area contributed by atoms with Crippen LogP contribution >= 0.6 is 11.6 Å². The Bertz CT molecular complexity index is 1070. The molecule has 2 saturated carbocycles. The van der Waals surface area contributed by atoms with E-state index in [0.29, 0.717) is 24.1 Å². The van der Waals surface area contributed by atoms with Gasteiger partial charge in [-0.1, -0.05) is 31.4 Å². The molecule has 0 bridgehead atoms. The lowest BCUT2D eigenvalue weighted by atomic mass is 10.2. The molecule has 2 aromatic heterocycles. The Hall–Kier alpha value is -3.34. The van der Waals surface area contributed by atoms with Crippen LogP contribution in [-0.2, 0) is 4.79 Å². The first-order valence-electron chi connectivity index (χ1n) is 12.2. The SMILES string of the molecule is CC1CC1C(=O)N1CCN(c2ccc(C(=O)NCCC3CC3)nn2)CC1.O=C(O)c1ccc(Cl)nn1. The third-order valence-electron chi connectivity index (χ3n) is 6.61. The molecule has 0 spiro atoms. The van der Waals surface area contributed by atoms with Gasteiger partial charge in [-0.3, -0.25) is 9.59 Å². The van der Waals surface area contributed by atoms with Gasteiger partial charge >= 0.3 is 5.97 Å². The van der Waals surface area contributed by atoms with Crippen LogP contribution in [0.4, 0.5) is 5.82 Å². The Morgan fingerprint density at radius 1 is 1.00 bits per heavy atom. The van der Waals surface area contributed by atoms with Gasteiger partial charge in [0.05, 0.1) is 0 Å². The molecule has 1 saturated heterocycles. The number of aromatic nitrogens is 4. The zero-order valence-corrected chi connectivity index (χ0v) is 20.9. The summed E-state index contributed by atoms with van der Waals surface area (Å²) in [5, 5.41) is 26.4. The highest BCUT2D eigenvalue weighted by Gasteiger charge is 2.42. The molecular weight excluding hydrogens is 486 g/mol. The summed E-state index contributed by atoms with van der Waals surface area (Å²) in [6.45, 7) is 5.82. The molecule has 1 aliphatic heterocycles. The van der Waals surface area contributed by atoms with Crippen molar-refractivity contribution in [2.45, 2.75) is 32.6 Å². The Kier molecular flexibility index (Phi) is 8.29. The number of carbonyl (C=O) groups is 3. The number of hydrogen-bond acceptors (Lipinski definition) is 8. The maximum absolute atomic E-state index is 12.3. The normalized spacial score (nSPS) is 20.7. The summed E-state index contributed by atoms with van der Waals surface area (Å²) < 4.78 is 0. The van der Waals surface area contributed by atoms with Gasteiger partial charge in [0.15, 0.2) is 22.4 Å². The van der Waals surface area contributed by atoms with E-state index in [9.17, 15) is 14.4 Å². The molecule has 5 rings (SSSR count). The lowest BCUT2D eigenvalue weighted by Crippen LogP contribution is -2.49. The van der Waals surface area contributed by atoms with Crippen molar-refractivity contribution in [1.29, 1.82) is 0 Å². The molecule has 0 radical (unpaired) electrons. The number of carbonyl (C=O) groups excluding carboxylic acids is 2. The minimum absolute atomic E-state index is 0.107. The Balaban J connectivity index is 0.000000256. The molecule has 3 aliphatic rings. The number of aromatic carboxylic acids is 1. The van der Waals surface area contributed by atoms with Gasteiger partial charge in [0.1, 0.15) is 0 Å². The van der Waals surface area contributed by atoms with E-state index in [1.807, 2.05) is 11.0 Å². The zero-order valence-electron chi connectivity index (χ0n) is 20.1. The van der Waals surface area contributed by atoms with Crippen LogP contribution in [0.15, 0.2) is 24.3 Å². The van der Waals surface area contributed by atoms with Crippen molar-refractivity contribution in [1.82, 2.24) is 30.6 Å². The Morgan fingerprint density at radius 2 is 1.67 bits per heavy atom.